The number of nitrogens with zero attached hydrogens (tertiary/aromatic N) is 5. The Morgan fingerprint density at radius 2 is 1.42 bits per heavy atom. The molecule has 0 atom stereocenters. The van der Waals surface area contributed by atoms with Gasteiger partial charge in [0, 0.05) is 71.1 Å². The predicted octanol–water partition coefficient (Wildman–Crippen LogP) is 1.35. The van der Waals surface area contributed by atoms with Crippen molar-refractivity contribution in [3.8, 4) is 0 Å². The van der Waals surface area contributed by atoms with E-state index in [0.29, 0.717) is 13.1 Å². The second kappa shape index (κ2) is 10.6. The summed E-state index contributed by atoms with van der Waals surface area (Å²) in [5, 5.41) is 0. The van der Waals surface area contributed by atoms with E-state index in [0.717, 1.165) is 64.1 Å². The van der Waals surface area contributed by atoms with Crippen LogP contribution in [0.2, 0.25) is 0 Å². The molecule has 1 aromatic carbocycles. The number of hydrogen-bond donors (Lipinski definition) is 0. The van der Waals surface area contributed by atoms with Gasteiger partial charge in [-0.05, 0) is 25.0 Å². The van der Waals surface area contributed by atoms with Gasteiger partial charge in [0.15, 0.2) is 0 Å². The number of amides is 2. The number of likely N-dealkylation sites (N-methyl/N-ethyl adjacent to an activating group) is 1. The number of rotatable bonds is 6. The predicted molar refractivity (Wildman–Crippen MR) is 123 cm³/mol. The molecule has 2 aliphatic heterocycles. The Morgan fingerprint density at radius 3 is 2.03 bits per heavy atom. The molecule has 4 rings (SSSR count). The lowest BCUT2D eigenvalue weighted by molar-refractivity contribution is -0.135. The third-order valence-electron chi connectivity index (χ3n) is 7.21. The summed E-state index contributed by atoms with van der Waals surface area (Å²) in [5.41, 5.74) is 0.921. The lowest BCUT2D eigenvalue weighted by atomic mass is 10.2. The fourth-order valence-electron chi connectivity index (χ4n) is 5.10. The summed E-state index contributed by atoms with van der Waals surface area (Å²) in [6, 6.07) is 10.5. The van der Waals surface area contributed by atoms with E-state index in [2.05, 4.69) is 19.6 Å². The molecule has 1 aromatic rings. The van der Waals surface area contributed by atoms with Gasteiger partial charge in [0.05, 0.1) is 13.1 Å². The van der Waals surface area contributed by atoms with Gasteiger partial charge in [0.1, 0.15) is 0 Å². The molecule has 2 heterocycles. The van der Waals surface area contributed by atoms with E-state index in [-0.39, 0.29) is 11.8 Å². The zero-order valence-electron chi connectivity index (χ0n) is 18.9. The number of hydrogen-bond acceptors (Lipinski definition) is 5. The Hall–Kier alpha value is -1.96. The van der Waals surface area contributed by atoms with E-state index in [1.54, 1.807) is 4.90 Å². The molecule has 0 bridgehead atoms. The molecule has 3 fully saturated rings. The summed E-state index contributed by atoms with van der Waals surface area (Å²) < 4.78 is 0. The number of carbonyl (C=O) groups excluding carboxylic acids is 2. The summed E-state index contributed by atoms with van der Waals surface area (Å²) in [4.78, 5) is 36.2. The first-order valence-corrected chi connectivity index (χ1v) is 11.9. The summed E-state index contributed by atoms with van der Waals surface area (Å²) >= 11 is 0. The van der Waals surface area contributed by atoms with Gasteiger partial charge in [-0.2, -0.15) is 0 Å². The van der Waals surface area contributed by atoms with E-state index in [1.165, 1.54) is 25.7 Å². The Labute approximate surface area is 186 Å². The van der Waals surface area contributed by atoms with Crippen molar-refractivity contribution in [2.75, 3.05) is 77.4 Å². The first kappa shape index (κ1) is 22.2. The lowest BCUT2D eigenvalue weighted by Crippen LogP contribution is -2.55. The van der Waals surface area contributed by atoms with Gasteiger partial charge < -0.3 is 9.80 Å². The lowest BCUT2D eigenvalue weighted by Gasteiger charge is -2.39. The standard InChI is InChI=1S/C24H37N5O2/c1-25(21-7-3-2-4-8-21)23(30)19-26-11-13-27(14-12-26)20-24(31)29-17-15-28(16-18-29)22-9-5-6-10-22/h2-4,7-8,22H,5-6,9-20H2,1H3. The highest BCUT2D eigenvalue weighted by molar-refractivity contribution is 5.94. The topological polar surface area (TPSA) is 50.3 Å². The molecule has 0 spiro atoms. The van der Waals surface area contributed by atoms with Crippen LogP contribution in [0.15, 0.2) is 30.3 Å². The van der Waals surface area contributed by atoms with Gasteiger partial charge >= 0.3 is 0 Å². The van der Waals surface area contributed by atoms with Crippen molar-refractivity contribution < 1.29 is 9.59 Å². The number of para-hydroxylation sites is 1. The molecular formula is C24H37N5O2. The number of piperazine rings is 2. The van der Waals surface area contributed by atoms with Crippen LogP contribution in [0.1, 0.15) is 25.7 Å². The maximum atomic E-state index is 12.8. The van der Waals surface area contributed by atoms with Crippen LogP contribution in [-0.2, 0) is 9.59 Å². The maximum Gasteiger partial charge on any atom is 0.240 e. The molecule has 2 amide bonds. The molecular weight excluding hydrogens is 390 g/mol. The van der Waals surface area contributed by atoms with E-state index in [4.69, 9.17) is 0 Å². The smallest absolute Gasteiger partial charge is 0.240 e. The van der Waals surface area contributed by atoms with Crippen LogP contribution in [0, 0.1) is 0 Å². The van der Waals surface area contributed by atoms with Crippen LogP contribution in [0.3, 0.4) is 0 Å². The molecule has 1 saturated carbocycles. The minimum absolute atomic E-state index is 0.107. The van der Waals surface area contributed by atoms with Crippen molar-refractivity contribution in [3.05, 3.63) is 30.3 Å². The normalized spacial score (nSPS) is 22.0. The van der Waals surface area contributed by atoms with E-state index >= 15 is 0 Å². The number of carbonyl (C=O) groups is 2. The minimum atomic E-state index is 0.107. The van der Waals surface area contributed by atoms with Crippen LogP contribution in [-0.4, -0.2) is 110 Å². The molecule has 0 radical (unpaired) electrons. The first-order chi connectivity index (χ1) is 15.1. The molecule has 0 unspecified atom stereocenters. The van der Waals surface area contributed by atoms with Crippen molar-refractivity contribution in [2.24, 2.45) is 0 Å². The first-order valence-electron chi connectivity index (χ1n) is 11.9. The summed E-state index contributed by atoms with van der Waals surface area (Å²) in [5.74, 6) is 0.371. The van der Waals surface area contributed by atoms with Gasteiger partial charge in [-0.15, -0.1) is 0 Å². The van der Waals surface area contributed by atoms with Gasteiger partial charge in [-0.25, -0.2) is 0 Å². The van der Waals surface area contributed by atoms with E-state index < -0.39 is 0 Å². The fraction of sp³-hybridized carbons (Fsp3) is 0.667. The fourth-order valence-corrected chi connectivity index (χ4v) is 5.10. The van der Waals surface area contributed by atoms with Crippen molar-refractivity contribution in [1.29, 1.82) is 0 Å². The summed E-state index contributed by atoms with van der Waals surface area (Å²) in [7, 11) is 1.83. The molecule has 170 valence electrons. The molecule has 7 nitrogen and oxygen atoms in total. The zero-order chi connectivity index (χ0) is 21.6. The Kier molecular flexibility index (Phi) is 7.58. The van der Waals surface area contributed by atoms with E-state index in [1.807, 2.05) is 37.4 Å². The average molecular weight is 428 g/mol. The molecule has 0 aromatic heterocycles. The molecule has 3 aliphatic rings. The zero-order valence-corrected chi connectivity index (χ0v) is 18.9. The van der Waals surface area contributed by atoms with Crippen LogP contribution in [0.4, 0.5) is 5.69 Å². The van der Waals surface area contributed by atoms with Gasteiger partial charge in [0.25, 0.3) is 0 Å². The quantitative estimate of drug-likeness (QED) is 0.686. The van der Waals surface area contributed by atoms with Gasteiger partial charge in [-0.3, -0.25) is 24.3 Å². The molecule has 31 heavy (non-hydrogen) atoms. The van der Waals surface area contributed by atoms with Crippen molar-refractivity contribution in [3.63, 3.8) is 0 Å². The Bertz CT molecular complexity index is 721. The van der Waals surface area contributed by atoms with Crippen LogP contribution in [0.25, 0.3) is 0 Å². The average Bonchev–Trinajstić information content (AvgIpc) is 3.35. The summed E-state index contributed by atoms with van der Waals surface area (Å²) in [6.07, 6.45) is 5.40. The molecule has 2 saturated heterocycles. The van der Waals surface area contributed by atoms with Crippen LogP contribution in [0.5, 0.6) is 0 Å². The Morgan fingerprint density at radius 1 is 0.839 bits per heavy atom. The highest BCUT2D eigenvalue weighted by Crippen LogP contribution is 2.24. The Balaban J connectivity index is 1.15. The molecule has 7 heteroatoms. The van der Waals surface area contributed by atoms with Crippen molar-refractivity contribution in [2.45, 2.75) is 31.7 Å². The van der Waals surface area contributed by atoms with Gasteiger partial charge in [-0.1, -0.05) is 31.0 Å². The second-order valence-corrected chi connectivity index (χ2v) is 9.20. The molecule has 1 aliphatic carbocycles. The second-order valence-electron chi connectivity index (χ2n) is 9.20. The summed E-state index contributed by atoms with van der Waals surface area (Å²) in [6.45, 7) is 8.08. The number of anilines is 1. The maximum absolute atomic E-state index is 12.8. The molecule has 0 N–H and O–H groups in total. The van der Waals surface area contributed by atoms with Crippen LogP contribution < -0.4 is 4.90 Å². The highest BCUT2D eigenvalue weighted by Gasteiger charge is 2.29. The SMILES string of the molecule is CN(C(=O)CN1CCN(CC(=O)N2CCN(C3CCCC3)CC2)CC1)c1ccccc1. The monoisotopic (exact) mass is 427 g/mol. The van der Waals surface area contributed by atoms with Crippen molar-refractivity contribution >= 4 is 17.5 Å². The van der Waals surface area contributed by atoms with Crippen molar-refractivity contribution in [1.82, 2.24) is 19.6 Å². The minimum Gasteiger partial charge on any atom is -0.339 e. The third-order valence-corrected chi connectivity index (χ3v) is 7.21. The largest absolute Gasteiger partial charge is 0.339 e. The third kappa shape index (κ3) is 5.84. The number of benzene rings is 1. The van der Waals surface area contributed by atoms with Gasteiger partial charge in [0.2, 0.25) is 11.8 Å². The van der Waals surface area contributed by atoms with E-state index in [9.17, 15) is 9.59 Å². The highest BCUT2D eigenvalue weighted by atomic mass is 16.2. The van der Waals surface area contributed by atoms with Crippen LogP contribution >= 0.6 is 0 Å².